The maximum Gasteiger partial charge on any atom is 0.287 e. The van der Waals surface area contributed by atoms with E-state index in [1.807, 2.05) is 6.07 Å². The zero-order valence-corrected chi connectivity index (χ0v) is 13.2. The average Bonchev–Trinajstić information content (AvgIpc) is 3.18. The number of hydrogen-bond donors (Lipinski definition) is 2. The van der Waals surface area contributed by atoms with Gasteiger partial charge in [0.1, 0.15) is 18.1 Å². The van der Waals surface area contributed by atoms with Gasteiger partial charge in [-0.2, -0.15) is 12.6 Å². The first-order valence-electron chi connectivity index (χ1n) is 7.48. The first kappa shape index (κ1) is 15.0. The highest BCUT2D eigenvalue weighted by Gasteiger charge is 2.13. The van der Waals surface area contributed by atoms with Gasteiger partial charge in [-0.05, 0) is 54.7 Å². The zero-order chi connectivity index (χ0) is 15.4. The molecule has 1 N–H and O–H groups in total. The lowest BCUT2D eigenvalue weighted by Gasteiger charge is -2.06. The molecule has 22 heavy (non-hydrogen) atoms. The highest BCUT2D eigenvalue weighted by atomic mass is 32.1. The summed E-state index contributed by atoms with van der Waals surface area (Å²) >= 11 is 4.05. The van der Waals surface area contributed by atoms with Gasteiger partial charge in [-0.3, -0.25) is 4.79 Å². The monoisotopic (exact) mass is 317 g/mol. The summed E-state index contributed by atoms with van der Waals surface area (Å²) in [6.07, 6.45) is 3.52. The Morgan fingerprint density at radius 1 is 1.23 bits per heavy atom. The van der Waals surface area contributed by atoms with Crippen molar-refractivity contribution in [3.63, 3.8) is 0 Å². The minimum absolute atomic E-state index is 0.224. The van der Waals surface area contributed by atoms with Gasteiger partial charge >= 0.3 is 0 Å². The number of rotatable bonds is 6. The van der Waals surface area contributed by atoms with Crippen LogP contribution in [0.5, 0.6) is 5.75 Å². The first-order chi connectivity index (χ1) is 10.8. The number of thiol groups is 1. The fraction of sp³-hybridized carbons (Fsp3) is 0.353. The standard InChI is InChI=1S/C17H19NO3S/c19-17(18-8-9-22)16-7-6-15(21-16)11-20-14-5-4-12-2-1-3-13(12)10-14/h4-7,10,22H,1-3,8-9,11H2,(H,18,19). The van der Waals surface area contributed by atoms with E-state index in [4.69, 9.17) is 9.15 Å². The van der Waals surface area contributed by atoms with Gasteiger partial charge in [-0.25, -0.2) is 0 Å². The molecule has 3 rings (SSSR count). The number of amides is 1. The predicted octanol–water partition coefficient (Wildman–Crippen LogP) is 3.01. The van der Waals surface area contributed by atoms with Crippen LogP contribution in [-0.4, -0.2) is 18.2 Å². The second-order valence-electron chi connectivity index (χ2n) is 5.32. The van der Waals surface area contributed by atoms with Gasteiger partial charge in [0.25, 0.3) is 5.91 Å². The van der Waals surface area contributed by atoms with Crippen LogP contribution in [0.2, 0.25) is 0 Å². The normalized spacial score (nSPS) is 13.0. The fourth-order valence-electron chi connectivity index (χ4n) is 2.63. The third-order valence-corrected chi connectivity index (χ3v) is 3.96. The summed E-state index contributed by atoms with van der Waals surface area (Å²) < 4.78 is 11.2. The van der Waals surface area contributed by atoms with Gasteiger partial charge in [0.15, 0.2) is 5.76 Å². The lowest BCUT2D eigenvalue weighted by molar-refractivity contribution is 0.0924. The zero-order valence-electron chi connectivity index (χ0n) is 12.3. The predicted molar refractivity (Wildman–Crippen MR) is 87.7 cm³/mol. The number of carbonyl (C=O) groups excluding carboxylic acids is 1. The summed E-state index contributed by atoms with van der Waals surface area (Å²) in [5.74, 6) is 2.16. The fourth-order valence-corrected chi connectivity index (χ4v) is 2.74. The summed E-state index contributed by atoms with van der Waals surface area (Å²) in [5.41, 5.74) is 2.80. The maximum absolute atomic E-state index is 11.7. The van der Waals surface area contributed by atoms with Gasteiger partial charge in [-0.15, -0.1) is 0 Å². The highest BCUT2D eigenvalue weighted by molar-refractivity contribution is 7.80. The van der Waals surface area contributed by atoms with E-state index in [2.05, 4.69) is 30.1 Å². The van der Waals surface area contributed by atoms with E-state index < -0.39 is 0 Å². The van der Waals surface area contributed by atoms with Crippen LogP contribution in [0.4, 0.5) is 0 Å². The van der Waals surface area contributed by atoms with Crippen LogP contribution >= 0.6 is 12.6 Å². The molecular formula is C17H19NO3S. The van der Waals surface area contributed by atoms with Crippen molar-refractivity contribution in [2.45, 2.75) is 25.9 Å². The molecule has 0 atom stereocenters. The van der Waals surface area contributed by atoms with E-state index in [0.29, 0.717) is 30.4 Å². The number of benzene rings is 1. The summed E-state index contributed by atoms with van der Waals surface area (Å²) in [5, 5.41) is 2.71. The van der Waals surface area contributed by atoms with Crippen LogP contribution in [0, 0.1) is 0 Å². The van der Waals surface area contributed by atoms with Crippen molar-refractivity contribution in [2.24, 2.45) is 0 Å². The molecule has 2 aromatic rings. The van der Waals surface area contributed by atoms with E-state index in [-0.39, 0.29) is 5.91 Å². The van der Waals surface area contributed by atoms with Crippen LogP contribution in [0.15, 0.2) is 34.7 Å². The number of fused-ring (bicyclic) bond motifs is 1. The van der Waals surface area contributed by atoms with E-state index in [9.17, 15) is 4.79 Å². The Morgan fingerprint density at radius 2 is 2.09 bits per heavy atom. The molecule has 4 nitrogen and oxygen atoms in total. The van der Waals surface area contributed by atoms with Gasteiger partial charge in [-0.1, -0.05) is 6.07 Å². The second-order valence-corrected chi connectivity index (χ2v) is 5.77. The molecule has 1 aliphatic rings. The molecule has 1 aliphatic carbocycles. The molecule has 1 aromatic carbocycles. The maximum atomic E-state index is 11.7. The number of nitrogens with one attached hydrogen (secondary N) is 1. The van der Waals surface area contributed by atoms with Gasteiger partial charge in [0.05, 0.1) is 0 Å². The molecule has 0 bridgehead atoms. The number of furan rings is 1. The Kier molecular flexibility index (Phi) is 4.73. The third-order valence-electron chi connectivity index (χ3n) is 3.73. The molecular weight excluding hydrogens is 298 g/mol. The van der Waals surface area contributed by atoms with Crippen LogP contribution in [-0.2, 0) is 19.4 Å². The number of carbonyl (C=O) groups is 1. The van der Waals surface area contributed by atoms with Crippen molar-refractivity contribution >= 4 is 18.5 Å². The SMILES string of the molecule is O=C(NCCS)c1ccc(COc2ccc3c(c2)CCC3)o1. The minimum atomic E-state index is -0.224. The summed E-state index contributed by atoms with van der Waals surface area (Å²) in [7, 11) is 0. The minimum Gasteiger partial charge on any atom is -0.486 e. The molecule has 116 valence electrons. The Hall–Kier alpha value is -1.88. The topological polar surface area (TPSA) is 51.5 Å². The lowest BCUT2D eigenvalue weighted by Crippen LogP contribution is -2.24. The van der Waals surface area contributed by atoms with Crippen LogP contribution in [0.3, 0.4) is 0 Å². The molecule has 1 amide bonds. The Balaban J connectivity index is 1.58. The average molecular weight is 317 g/mol. The Labute approximate surface area is 135 Å². The molecule has 0 unspecified atom stereocenters. The third kappa shape index (κ3) is 3.47. The number of ether oxygens (including phenoxy) is 1. The summed E-state index contributed by atoms with van der Waals surface area (Å²) in [4.78, 5) is 11.7. The van der Waals surface area contributed by atoms with Crippen molar-refractivity contribution in [1.82, 2.24) is 5.32 Å². The molecule has 0 spiro atoms. The molecule has 5 heteroatoms. The lowest BCUT2D eigenvalue weighted by atomic mass is 10.1. The van der Waals surface area contributed by atoms with E-state index in [0.717, 1.165) is 12.2 Å². The van der Waals surface area contributed by atoms with Gasteiger partial charge in [0.2, 0.25) is 0 Å². The number of aryl methyl sites for hydroxylation is 2. The van der Waals surface area contributed by atoms with Crippen molar-refractivity contribution < 1.29 is 13.9 Å². The van der Waals surface area contributed by atoms with E-state index >= 15 is 0 Å². The van der Waals surface area contributed by atoms with Crippen molar-refractivity contribution in [3.8, 4) is 5.75 Å². The van der Waals surface area contributed by atoms with E-state index in [1.165, 1.54) is 24.0 Å². The quantitative estimate of drug-likeness (QED) is 0.805. The van der Waals surface area contributed by atoms with Gasteiger partial charge in [0, 0.05) is 12.3 Å². The first-order valence-corrected chi connectivity index (χ1v) is 8.12. The van der Waals surface area contributed by atoms with Crippen LogP contribution < -0.4 is 10.1 Å². The van der Waals surface area contributed by atoms with E-state index in [1.54, 1.807) is 12.1 Å². The molecule has 1 heterocycles. The van der Waals surface area contributed by atoms with Crippen molar-refractivity contribution in [1.29, 1.82) is 0 Å². The number of hydrogen-bond acceptors (Lipinski definition) is 4. The van der Waals surface area contributed by atoms with Crippen LogP contribution in [0.25, 0.3) is 0 Å². The van der Waals surface area contributed by atoms with Crippen LogP contribution in [0.1, 0.15) is 33.9 Å². The van der Waals surface area contributed by atoms with Crippen molar-refractivity contribution in [2.75, 3.05) is 12.3 Å². The summed E-state index contributed by atoms with van der Waals surface area (Å²) in [6.45, 7) is 0.836. The molecule has 0 aliphatic heterocycles. The van der Waals surface area contributed by atoms with Gasteiger partial charge < -0.3 is 14.5 Å². The highest BCUT2D eigenvalue weighted by Crippen LogP contribution is 2.26. The second kappa shape index (κ2) is 6.92. The Morgan fingerprint density at radius 3 is 2.95 bits per heavy atom. The Bertz CT molecular complexity index is 666. The molecule has 0 saturated heterocycles. The molecule has 0 fully saturated rings. The summed E-state index contributed by atoms with van der Waals surface area (Å²) in [6, 6.07) is 9.66. The molecule has 1 aromatic heterocycles. The smallest absolute Gasteiger partial charge is 0.287 e. The molecule has 0 saturated carbocycles. The van der Waals surface area contributed by atoms with Crippen molar-refractivity contribution in [3.05, 3.63) is 53.0 Å². The molecule has 0 radical (unpaired) electrons. The largest absolute Gasteiger partial charge is 0.486 e.